The Balaban J connectivity index is 1.25. The predicted molar refractivity (Wildman–Crippen MR) is 126 cm³/mol. The van der Waals surface area contributed by atoms with Crippen molar-refractivity contribution in [3.05, 3.63) is 83.7 Å². The molecule has 12 heteroatoms. The zero-order valence-corrected chi connectivity index (χ0v) is 19.2. The Morgan fingerprint density at radius 1 is 1.17 bits per heavy atom. The Kier molecular flexibility index (Phi) is 5.32. The molecule has 0 unspecified atom stereocenters. The number of anilines is 1. The number of imidazole rings is 1. The largest absolute Gasteiger partial charge is 0.494 e. The number of benzene rings is 1. The summed E-state index contributed by atoms with van der Waals surface area (Å²) in [5.74, 6) is 0.136. The van der Waals surface area contributed by atoms with E-state index in [0.717, 1.165) is 0 Å². The number of hydrogen-bond donors (Lipinski definition) is 1. The highest BCUT2D eigenvalue weighted by Gasteiger charge is 2.24. The number of fused-ring (bicyclic) bond motifs is 1. The Morgan fingerprint density at radius 2 is 2.06 bits per heavy atom. The number of nitrogens with zero attached hydrogens (tertiary/aromatic N) is 8. The van der Waals surface area contributed by atoms with Gasteiger partial charge in [-0.1, -0.05) is 6.07 Å². The first-order chi connectivity index (χ1) is 17.6. The number of tetrazole rings is 1. The second-order valence-corrected chi connectivity index (χ2v) is 8.43. The van der Waals surface area contributed by atoms with E-state index in [1.54, 1.807) is 12.3 Å². The normalized spacial score (nSPS) is 13.2. The molecule has 4 heterocycles. The molecule has 36 heavy (non-hydrogen) atoms. The first-order valence-electron chi connectivity index (χ1n) is 11.3. The molecule has 5 aromatic rings. The van der Waals surface area contributed by atoms with Crippen LogP contribution in [0.15, 0.2) is 55.4 Å². The average molecular weight is 485 g/mol. The van der Waals surface area contributed by atoms with Crippen molar-refractivity contribution in [2.75, 3.05) is 12.4 Å². The summed E-state index contributed by atoms with van der Waals surface area (Å²) in [6, 6.07) is 8.64. The van der Waals surface area contributed by atoms with Crippen LogP contribution in [0.5, 0.6) is 5.75 Å². The Labute approximate surface area is 204 Å². The molecule has 1 aliphatic carbocycles. The van der Waals surface area contributed by atoms with Crippen molar-refractivity contribution in [1.82, 2.24) is 39.6 Å². The lowest BCUT2D eigenvalue weighted by atomic mass is 10.1. The Hall–Kier alpha value is -4.74. The van der Waals surface area contributed by atoms with Crippen LogP contribution in [0.1, 0.15) is 46.1 Å². The van der Waals surface area contributed by atoms with E-state index >= 15 is 4.39 Å². The van der Waals surface area contributed by atoms with Crippen molar-refractivity contribution in [2.24, 2.45) is 0 Å². The molecule has 1 aromatic carbocycles. The number of aromatic nitrogens is 8. The van der Waals surface area contributed by atoms with Gasteiger partial charge in [0.2, 0.25) is 5.78 Å². The van der Waals surface area contributed by atoms with Crippen LogP contribution in [0.4, 0.5) is 10.2 Å². The van der Waals surface area contributed by atoms with Crippen LogP contribution in [0.2, 0.25) is 0 Å². The van der Waals surface area contributed by atoms with Gasteiger partial charge in [0.1, 0.15) is 35.5 Å². The van der Waals surface area contributed by atoms with E-state index in [-0.39, 0.29) is 35.0 Å². The van der Waals surface area contributed by atoms with Crippen LogP contribution >= 0.6 is 0 Å². The molecular weight excluding hydrogens is 465 g/mol. The highest BCUT2D eigenvalue weighted by atomic mass is 19.1. The van der Waals surface area contributed by atoms with Gasteiger partial charge in [0.15, 0.2) is 11.6 Å². The van der Waals surface area contributed by atoms with Gasteiger partial charge in [-0.15, -0.1) is 5.10 Å². The van der Waals surface area contributed by atoms with Crippen LogP contribution in [-0.4, -0.2) is 52.5 Å². The standard InChI is InChI=1S/C24H20FN9O2/c1-36-20-6-5-19(34-13-29-31-32-34)16(23(20)25)9-26-21-8-17(27-12-28-21)24(35)18-11-33-10-15(14-2-3-14)4-7-22(33)30-18/h4-8,10-14H,2-3,9H2,1H3,(H,26,27,28). The number of ketones is 1. The maximum atomic E-state index is 15.1. The monoisotopic (exact) mass is 485 g/mol. The number of rotatable bonds is 8. The van der Waals surface area contributed by atoms with Crippen molar-refractivity contribution in [3.8, 4) is 11.4 Å². The summed E-state index contributed by atoms with van der Waals surface area (Å²) in [7, 11) is 1.39. The lowest BCUT2D eigenvalue weighted by Gasteiger charge is -2.14. The summed E-state index contributed by atoms with van der Waals surface area (Å²) >= 11 is 0. The molecule has 0 atom stereocenters. The molecule has 1 saturated carbocycles. The number of pyridine rings is 1. The fourth-order valence-corrected chi connectivity index (χ4v) is 4.07. The molecule has 6 rings (SSSR count). The van der Waals surface area contributed by atoms with Gasteiger partial charge in [0.25, 0.3) is 0 Å². The SMILES string of the molecule is COc1ccc(-n2cnnn2)c(CNc2cc(C(=O)c3cn4cc(C5CC5)ccc4n3)ncn2)c1F. The second kappa shape index (κ2) is 8.80. The molecule has 0 radical (unpaired) electrons. The van der Waals surface area contributed by atoms with Crippen LogP contribution in [0.3, 0.4) is 0 Å². The third-order valence-corrected chi connectivity index (χ3v) is 6.10. The Morgan fingerprint density at radius 3 is 2.83 bits per heavy atom. The molecule has 0 aliphatic heterocycles. The minimum Gasteiger partial charge on any atom is -0.494 e. The van der Waals surface area contributed by atoms with E-state index in [2.05, 4.69) is 41.9 Å². The van der Waals surface area contributed by atoms with E-state index < -0.39 is 5.82 Å². The number of ether oxygens (including phenoxy) is 1. The predicted octanol–water partition coefficient (Wildman–Crippen LogP) is 2.97. The molecule has 1 N–H and O–H groups in total. The molecule has 0 amide bonds. The van der Waals surface area contributed by atoms with Crippen LogP contribution < -0.4 is 10.1 Å². The summed E-state index contributed by atoms with van der Waals surface area (Å²) in [5, 5.41) is 14.1. The summed E-state index contributed by atoms with van der Waals surface area (Å²) < 4.78 is 23.4. The third-order valence-electron chi connectivity index (χ3n) is 6.10. The third kappa shape index (κ3) is 4.02. The van der Waals surface area contributed by atoms with Gasteiger partial charge in [-0.05, 0) is 52.9 Å². The fourth-order valence-electron chi connectivity index (χ4n) is 4.07. The molecule has 11 nitrogen and oxygen atoms in total. The van der Waals surface area contributed by atoms with Gasteiger partial charge in [-0.25, -0.2) is 24.0 Å². The van der Waals surface area contributed by atoms with Crippen molar-refractivity contribution >= 4 is 17.2 Å². The van der Waals surface area contributed by atoms with Crippen LogP contribution in [0, 0.1) is 5.82 Å². The van der Waals surface area contributed by atoms with Crippen molar-refractivity contribution in [1.29, 1.82) is 0 Å². The van der Waals surface area contributed by atoms with Crippen LogP contribution in [0.25, 0.3) is 11.3 Å². The molecule has 0 spiro atoms. The fraction of sp³-hybridized carbons (Fsp3) is 0.208. The number of nitrogens with one attached hydrogen (secondary N) is 1. The van der Waals surface area contributed by atoms with Gasteiger partial charge in [0.05, 0.1) is 12.8 Å². The van der Waals surface area contributed by atoms with E-state index in [4.69, 9.17) is 4.74 Å². The van der Waals surface area contributed by atoms with Crippen molar-refractivity contribution < 1.29 is 13.9 Å². The first kappa shape index (κ1) is 21.8. The molecule has 0 saturated heterocycles. The van der Waals surface area contributed by atoms with Gasteiger partial charge >= 0.3 is 0 Å². The minimum atomic E-state index is -0.557. The second-order valence-electron chi connectivity index (χ2n) is 8.43. The maximum Gasteiger partial charge on any atom is 0.231 e. The van der Waals surface area contributed by atoms with E-state index in [1.807, 2.05) is 16.7 Å². The smallest absolute Gasteiger partial charge is 0.231 e. The average Bonchev–Trinajstić information content (AvgIpc) is 3.44. The topological polar surface area (TPSA) is 125 Å². The number of carbonyl (C=O) groups excluding carboxylic acids is 1. The number of halogens is 1. The zero-order chi connectivity index (χ0) is 24.6. The molecular formula is C24H20FN9O2. The summed E-state index contributed by atoms with van der Waals surface area (Å²) in [5.41, 5.74) is 3.10. The zero-order valence-electron chi connectivity index (χ0n) is 19.2. The maximum absolute atomic E-state index is 15.1. The van der Waals surface area contributed by atoms with Gasteiger partial charge in [-0.2, -0.15) is 0 Å². The quantitative estimate of drug-likeness (QED) is 0.330. The van der Waals surface area contributed by atoms with Crippen molar-refractivity contribution in [2.45, 2.75) is 25.3 Å². The Bertz CT molecular complexity index is 1580. The van der Waals surface area contributed by atoms with Gasteiger partial charge in [-0.3, -0.25) is 4.79 Å². The molecule has 1 fully saturated rings. The highest BCUT2D eigenvalue weighted by molar-refractivity contribution is 6.07. The first-order valence-corrected chi connectivity index (χ1v) is 11.3. The van der Waals surface area contributed by atoms with Crippen molar-refractivity contribution in [3.63, 3.8) is 0 Å². The summed E-state index contributed by atoms with van der Waals surface area (Å²) in [4.78, 5) is 25.9. The minimum absolute atomic E-state index is 0.0289. The van der Waals surface area contributed by atoms with E-state index in [0.29, 0.717) is 23.1 Å². The molecule has 4 aromatic heterocycles. The van der Waals surface area contributed by atoms with Crippen LogP contribution in [-0.2, 0) is 6.54 Å². The number of methoxy groups -OCH3 is 1. The molecule has 180 valence electrons. The van der Waals surface area contributed by atoms with E-state index in [9.17, 15) is 4.79 Å². The highest BCUT2D eigenvalue weighted by Crippen LogP contribution is 2.39. The van der Waals surface area contributed by atoms with Gasteiger partial charge in [0, 0.05) is 30.6 Å². The lowest BCUT2D eigenvalue weighted by molar-refractivity contribution is 0.103. The lowest BCUT2D eigenvalue weighted by Crippen LogP contribution is -2.11. The molecule has 1 aliphatic rings. The van der Waals surface area contributed by atoms with E-state index in [1.165, 1.54) is 55.0 Å². The van der Waals surface area contributed by atoms with Gasteiger partial charge < -0.3 is 14.5 Å². The number of hydrogen-bond acceptors (Lipinski definition) is 9. The summed E-state index contributed by atoms with van der Waals surface area (Å²) in [6.45, 7) is 0.0289. The molecule has 0 bridgehead atoms. The number of carbonyl (C=O) groups is 1. The summed E-state index contributed by atoms with van der Waals surface area (Å²) in [6.07, 6.45) is 8.77.